The Labute approximate surface area is 155 Å². The molecule has 0 atom stereocenters. The topological polar surface area (TPSA) is 111 Å². The van der Waals surface area contributed by atoms with Crippen LogP contribution in [0.3, 0.4) is 0 Å². The number of nitrogen functional groups attached to an aromatic ring is 1. The van der Waals surface area contributed by atoms with Crippen LogP contribution >= 0.6 is 0 Å². The number of hydrogen-bond donors (Lipinski definition) is 2. The zero-order valence-electron chi connectivity index (χ0n) is 14.8. The lowest BCUT2D eigenvalue weighted by Crippen LogP contribution is -2.15. The molecule has 0 saturated heterocycles. The van der Waals surface area contributed by atoms with Gasteiger partial charge in [-0.05, 0) is 24.5 Å². The van der Waals surface area contributed by atoms with Gasteiger partial charge in [-0.3, -0.25) is 9.78 Å². The molecule has 1 aliphatic rings. The fourth-order valence-corrected chi connectivity index (χ4v) is 3.53. The van der Waals surface area contributed by atoms with Crippen LogP contribution in [0.15, 0.2) is 48.8 Å². The molecule has 1 saturated carbocycles. The van der Waals surface area contributed by atoms with Gasteiger partial charge in [0.1, 0.15) is 17.2 Å². The van der Waals surface area contributed by atoms with Crippen molar-refractivity contribution in [2.24, 2.45) is 7.05 Å². The first kappa shape index (κ1) is 15.7. The maximum atomic E-state index is 5.98. The van der Waals surface area contributed by atoms with Crippen LogP contribution in [-0.4, -0.2) is 34.9 Å². The summed E-state index contributed by atoms with van der Waals surface area (Å²) in [6.45, 7) is 0. The number of hydrogen-bond acceptors (Lipinski definition) is 6. The second-order valence-electron chi connectivity index (χ2n) is 6.79. The first-order valence-electron chi connectivity index (χ1n) is 8.77. The molecule has 0 radical (unpaired) electrons. The Hall–Kier alpha value is -3.55. The Kier molecular flexibility index (Phi) is 3.33. The van der Waals surface area contributed by atoms with Crippen molar-refractivity contribution in [1.29, 1.82) is 0 Å². The monoisotopic (exact) mass is 358 g/mol. The summed E-state index contributed by atoms with van der Waals surface area (Å²) in [7, 11) is 1.93. The average Bonchev–Trinajstić information content (AvgIpc) is 3.12. The molecule has 0 amide bonds. The van der Waals surface area contributed by atoms with Gasteiger partial charge in [0, 0.05) is 13.2 Å². The highest BCUT2D eigenvalue weighted by molar-refractivity contribution is 5.68. The van der Waals surface area contributed by atoms with Gasteiger partial charge in [-0.2, -0.15) is 5.10 Å². The van der Waals surface area contributed by atoms with Gasteiger partial charge in [-0.1, -0.05) is 30.3 Å². The van der Waals surface area contributed by atoms with E-state index in [1.807, 2.05) is 17.8 Å². The summed E-state index contributed by atoms with van der Waals surface area (Å²) in [5, 5.41) is 11.4. The van der Waals surface area contributed by atoms with Crippen LogP contribution in [-0.2, 0) is 12.5 Å². The van der Waals surface area contributed by atoms with E-state index in [9.17, 15) is 0 Å². The highest BCUT2D eigenvalue weighted by Crippen LogP contribution is 2.52. The Morgan fingerprint density at radius 3 is 2.63 bits per heavy atom. The van der Waals surface area contributed by atoms with Crippen molar-refractivity contribution in [3.8, 4) is 22.9 Å². The van der Waals surface area contributed by atoms with E-state index in [2.05, 4.69) is 49.5 Å². The van der Waals surface area contributed by atoms with Crippen LogP contribution in [0.4, 0.5) is 5.82 Å². The minimum Gasteiger partial charge on any atom is -0.382 e. The predicted octanol–water partition coefficient (Wildman–Crippen LogP) is 2.32. The van der Waals surface area contributed by atoms with Gasteiger partial charge < -0.3 is 5.73 Å². The molecule has 3 heterocycles. The summed E-state index contributed by atoms with van der Waals surface area (Å²) >= 11 is 0. The summed E-state index contributed by atoms with van der Waals surface area (Å²) in [4.78, 5) is 13.7. The SMILES string of the molecule is Cn1nc(-c2cnc(N)c(-c3ccn[nH]3)n2)nc1C1(c2ccccc2)CC1. The van der Waals surface area contributed by atoms with Gasteiger partial charge in [0.25, 0.3) is 0 Å². The lowest BCUT2D eigenvalue weighted by atomic mass is 9.95. The fourth-order valence-electron chi connectivity index (χ4n) is 3.53. The molecule has 0 unspecified atom stereocenters. The largest absolute Gasteiger partial charge is 0.382 e. The number of aromatic nitrogens is 7. The maximum absolute atomic E-state index is 5.98. The van der Waals surface area contributed by atoms with Gasteiger partial charge in [0.15, 0.2) is 5.82 Å². The minimum atomic E-state index is -0.0608. The van der Waals surface area contributed by atoms with Gasteiger partial charge in [-0.15, -0.1) is 5.10 Å². The number of benzene rings is 1. The first-order chi connectivity index (χ1) is 13.2. The molecule has 134 valence electrons. The number of nitrogens with zero attached hydrogens (tertiary/aromatic N) is 6. The van der Waals surface area contributed by atoms with E-state index in [0.717, 1.165) is 18.7 Å². The first-order valence-corrected chi connectivity index (χ1v) is 8.77. The van der Waals surface area contributed by atoms with E-state index >= 15 is 0 Å². The van der Waals surface area contributed by atoms with E-state index in [1.165, 1.54) is 5.56 Å². The molecule has 8 nitrogen and oxygen atoms in total. The molecule has 0 aliphatic heterocycles. The third-order valence-corrected chi connectivity index (χ3v) is 5.05. The minimum absolute atomic E-state index is 0.0608. The molecular weight excluding hydrogens is 340 g/mol. The van der Waals surface area contributed by atoms with E-state index in [-0.39, 0.29) is 5.41 Å². The number of rotatable bonds is 4. The normalized spacial score (nSPS) is 15.0. The maximum Gasteiger partial charge on any atom is 0.201 e. The summed E-state index contributed by atoms with van der Waals surface area (Å²) in [5.41, 5.74) is 9.03. The van der Waals surface area contributed by atoms with Crippen LogP contribution in [0.5, 0.6) is 0 Å². The summed E-state index contributed by atoms with van der Waals surface area (Å²) < 4.78 is 1.85. The second-order valence-corrected chi connectivity index (χ2v) is 6.79. The second kappa shape index (κ2) is 5.73. The Bertz CT molecular complexity index is 1090. The van der Waals surface area contributed by atoms with Crippen LogP contribution in [0.25, 0.3) is 22.9 Å². The molecule has 3 aromatic heterocycles. The Morgan fingerprint density at radius 1 is 1.11 bits per heavy atom. The van der Waals surface area contributed by atoms with Crippen molar-refractivity contribution in [2.45, 2.75) is 18.3 Å². The number of aromatic amines is 1. The molecule has 1 fully saturated rings. The average molecular weight is 358 g/mol. The summed E-state index contributed by atoms with van der Waals surface area (Å²) in [6.07, 6.45) is 5.39. The van der Waals surface area contributed by atoms with Crippen LogP contribution in [0.2, 0.25) is 0 Å². The lowest BCUT2D eigenvalue weighted by molar-refractivity contribution is 0.643. The van der Waals surface area contributed by atoms with E-state index in [1.54, 1.807) is 18.5 Å². The molecule has 4 aromatic rings. The Morgan fingerprint density at radius 2 is 1.93 bits per heavy atom. The molecule has 1 aromatic carbocycles. The molecular formula is C19H18N8. The van der Waals surface area contributed by atoms with Crippen LogP contribution in [0, 0.1) is 0 Å². The number of H-pyrrole nitrogens is 1. The van der Waals surface area contributed by atoms with Gasteiger partial charge in [0.05, 0.1) is 17.3 Å². The van der Waals surface area contributed by atoms with Crippen LogP contribution in [0.1, 0.15) is 24.2 Å². The number of anilines is 1. The fraction of sp³-hybridized carbons (Fsp3) is 0.211. The number of aryl methyl sites for hydroxylation is 1. The number of nitrogens with one attached hydrogen (secondary N) is 1. The standard InChI is InChI=1S/C19H18N8/c1-27-18(19(8-9-19)12-5-3-2-4-6-12)24-17(26-27)14-11-21-16(20)15(23-14)13-7-10-22-25-13/h2-7,10-11H,8-9H2,1H3,(H2,20,21)(H,22,25). The van der Waals surface area contributed by atoms with Crippen LogP contribution < -0.4 is 5.73 Å². The van der Waals surface area contributed by atoms with E-state index in [4.69, 9.17) is 10.7 Å². The van der Waals surface area contributed by atoms with E-state index < -0.39 is 0 Å². The molecule has 5 rings (SSSR count). The van der Waals surface area contributed by atoms with Crippen molar-refractivity contribution in [3.63, 3.8) is 0 Å². The Balaban J connectivity index is 1.57. The molecule has 0 spiro atoms. The predicted molar refractivity (Wildman–Crippen MR) is 100 cm³/mol. The number of nitrogens with two attached hydrogens (primary N) is 1. The van der Waals surface area contributed by atoms with Crippen molar-refractivity contribution < 1.29 is 0 Å². The molecule has 8 heteroatoms. The van der Waals surface area contributed by atoms with Crippen molar-refractivity contribution in [2.75, 3.05) is 5.73 Å². The molecule has 27 heavy (non-hydrogen) atoms. The zero-order valence-corrected chi connectivity index (χ0v) is 14.8. The van der Waals surface area contributed by atoms with Crippen molar-refractivity contribution in [3.05, 3.63) is 60.2 Å². The highest BCUT2D eigenvalue weighted by Gasteiger charge is 2.49. The smallest absolute Gasteiger partial charge is 0.201 e. The molecule has 0 bridgehead atoms. The zero-order chi connectivity index (χ0) is 18.4. The van der Waals surface area contributed by atoms with Crippen molar-refractivity contribution >= 4 is 5.82 Å². The highest BCUT2D eigenvalue weighted by atomic mass is 15.3. The van der Waals surface area contributed by atoms with E-state index in [0.29, 0.717) is 28.7 Å². The quantitative estimate of drug-likeness (QED) is 0.579. The molecule has 3 N–H and O–H groups in total. The third kappa shape index (κ3) is 2.49. The van der Waals surface area contributed by atoms with Crippen molar-refractivity contribution in [1.82, 2.24) is 34.9 Å². The third-order valence-electron chi connectivity index (χ3n) is 5.05. The summed E-state index contributed by atoms with van der Waals surface area (Å²) in [6, 6.07) is 12.3. The lowest BCUT2D eigenvalue weighted by Gasteiger charge is -2.14. The van der Waals surface area contributed by atoms with Gasteiger partial charge >= 0.3 is 0 Å². The molecule has 1 aliphatic carbocycles. The summed E-state index contributed by atoms with van der Waals surface area (Å²) in [5.74, 6) is 1.83. The van der Waals surface area contributed by atoms with Gasteiger partial charge in [-0.25, -0.2) is 15.0 Å². The van der Waals surface area contributed by atoms with Gasteiger partial charge in [0.2, 0.25) is 5.82 Å².